The largest absolute Gasteiger partial charge is 0.451 e. The quantitative estimate of drug-likeness (QED) is 0.446. The van der Waals surface area contributed by atoms with Crippen molar-refractivity contribution in [1.82, 2.24) is 4.90 Å². The van der Waals surface area contributed by atoms with E-state index in [2.05, 4.69) is 10.2 Å². The van der Waals surface area contributed by atoms with Gasteiger partial charge in [-0.15, -0.1) is 0 Å². The van der Waals surface area contributed by atoms with Crippen LogP contribution in [0.4, 0.5) is 11.4 Å². The molecule has 0 radical (unpaired) electrons. The van der Waals surface area contributed by atoms with E-state index >= 15 is 0 Å². The number of para-hydroxylation sites is 1. The first-order chi connectivity index (χ1) is 15.9. The number of carbonyl (C=O) groups excluding carboxylic acids is 2. The second-order valence-electron chi connectivity index (χ2n) is 7.60. The molecule has 1 aliphatic rings. The molecule has 1 fully saturated rings. The second kappa shape index (κ2) is 10.1. The Kier molecular flexibility index (Phi) is 7.17. The topological polar surface area (TPSA) is 65.8 Å². The molecule has 3 aromatic rings. The van der Waals surface area contributed by atoms with Crippen LogP contribution in [0.15, 0.2) is 52.9 Å². The van der Waals surface area contributed by atoms with E-state index in [0.29, 0.717) is 64.7 Å². The summed E-state index contributed by atoms with van der Waals surface area (Å²) in [7, 11) is 0. The number of carbonyl (C=O) groups is 2. The smallest absolute Gasteiger partial charge is 0.291 e. The SMILES string of the molecule is CCC(=O)N1CCN(c2c(Cl)cccc2NC(=O)c2ccc(-c3cc(Cl)ccc3Cl)o2)CC1. The summed E-state index contributed by atoms with van der Waals surface area (Å²) in [6, 6.07) is 13.6. The number of rotatable bonds is 5. The zero-order chi connectivity index (χ0) is 23.5. The van der Waals surface area contributed by atoms with Crippen LogP contribution in [0.2, 0.25) is 15.1 Å². The van der Waals surface area contributed by atoms with Crippen LogP contribution in [0.5, 0.6) is 0 Å². The Balaban J connectivity index is 1.53. The highest BCUT2D eigenvalue weighted by molar-refractivity contribution is 6.35. The van der Waals surface area contributed by atoms with E-state index in [1.165, 1.54) is 0 Å². The predicted molar refractivity (Wildman–Crippen MR) is 133 cm³/mol. The highest BCUT2D eigenvalue weighted by Gasteiger charge is 2.24. The number of nitrogens with one attached hydrogen (secondary N) is 1. The van der Waals surface area contributed by atoms with Gasteiger partial charge in [0.15, 0.2) is 5.76 Å². The number of amides is 2. The van der Waals surface area contributed by atoms with E-state index in [0.717, 1.165) is 5.69 Å². The molecule has 0 unspecified atom stereocenters. The molecule has 9 heteroatoms. The molecule has 0 bridgehead atoms. The van der Waals surface area contributed by atoms with Crippen molar-refractivity contribution < 1.29 is 14.0 Å². The van der Waals surface area contributed by atoms with Crippen LogP contribution in [0.3, 0.4) is 0 Å². The van der Waals surface area contributed by atoms with Gasteiger partial charge in [-0.3, -0.25) is 9.59 Å². The Morgan fingerprint density at radius 3 is 2.45 bits per heavy atom. The minimum Gasteiger partial charge on any atom is -0.451 e. The Hall–Kier alpha value is -2.67. The molecule has 2 amide bonds. The van der Waals surface area contributed by atoms with Crippen molar-refractivity contribution in [1.29, 1.82) is 0 Å². The molecule has 0 atom stereocenters. The minimum atomic E-state index is -0.414. The van der Waals surface area contributed by atoms with E-state index < -0.39 is 5.91 Å². The van der Waals surface area contributed by atoms with Gasteiger partial charge < -0.3 is 19.5 Å². The maximum absolute atomic E-state index is 13.0. The summed E-state index contributed by atoms with van der Waals surface area (Å²) in [5, 5.41) is 4.41. The van der Waals surface area contributed by atoms with Crippen molar-refractivity contribution >= 4 is 58.0 Å². The molecule has 0 spiro atoms. The van der Waals surface area contributed by atoms with E-state index in [4.69, 9.17) is 39.2 Å². The molecule has 2 aromatic carbocycles. The van der Waals surface area contributed by atoms with E-state index in [1.807, 2.05) is 11.8 Å². The third-order valence-corrected chi connectivity index (χ3v) is 6.38. The van der Waals surface area contributed by atoms with Gasteiger partial charge in [-0.05, 0) is 42.5 Å². The maximum atomic E-state index is 13.0. The number of benzene rings is 2. The van der Waals surface area contributed by atoms with E-state index in [9.17, 15) is 9.59 Å². The van der Waals surface area contributed by atoms with E-state index in [-0.39, 0.29) is 11.7 Å². The van der Waals surface area contributed by atoms with E-state index in [1.54, 1.807) is 48.5 Å². The zero-order valence-corrected chi connectivity index (χ0v) is 20.2. The fraction of sp³-hybridized carbons (Fsp3) is 0.250. The van der Waals surface area contributed by atoms with Gasteiger partial charge in [0.05, 0.1) is 21.4 Å². The van der Waals surface area contributed by atoms with Crippen molar-refractivity contribution in [3.63, 3.8) is 0 Å². The van der Waals surface area contributed by atoms with Gasteiger partial charge in [0.1, 0.15) is 5.76 Å². The van der Waals surface area contributed by atoms with Crippen molar-refractivity contribution in [2.24, 2.45) is 0 Å². The van der Waals surface area contributed by atoms with Crippen LogP contribution >= 0.6 is 34.8 Å². The standard InChI is InChI=1S/C24H22Cl3N3O3/c1-2-22(31)29-10-12-30(13-11-29)23-18(27)4-3-5-19(23)28-24(32)21-9-8-20(33-21)16-14-15(25)6-7-17(16)26/h3-9,14H,2,10-13H2,1H3,(H,28,32). The first-order valence-corrected chi connectivity index (χ1v) is 11.7. The summed E-state index contributed by atoms with van der Waals surface area (Å²) in [5.41, 5.74) is 1.90. The lowest BCUT2D eigenvalue weighted by atomic mass is 10.2. The fourth-order valence-electron chi connectivity index (χ4n) is 3.82. The van der Waals surface area contributed by atoms with Gasteiger partial charge in [-0.2, -0.15) is 0 Å². The van der Waals surface area contributed by atoms with Gasteiger partial charge in [0.2, 0.25) is 5.91 Å². The number of hydrogen-bond donors (Lipinski definition) is 1. The monoisotopic (exact) mass is 505 g/mol. The number of anilines is 2. The summed E-state index contributed by atoms with van der Waals surface area (Å²) in [6.07, 6.45) is 0.485. The third kappa shape index (κ3) is 5.13. The summed E-state index contributed by atoms with van der Waals surface area (Å²) in [5.74, 6) is 0.291. The van der Waals surface area contributed by atoms with Gasteiger partial charge >= 0.3 is 0 Å². The number of piperazine rings is 1. The van der Waals surface area contributed by atoms with Crippen LogP contribution in [0, 0.1) is 0 Å². The maximum Gasteiger partial charge on any atom is 0.291 e. The lowest BCUT2D eigenvalue weighted by Crippen LogP contribution is -2.48. The Bertz CT molecular complexity index is 1190. The lowest BCUT2D eigenvalue weighted by molar-refractivity contribution is -0.131. The van der Waals surface area contributed by atoms with Crippen LogP contribution < -0.4 is 10.2 Å². The Morgan fingerprint density at radius 2 is 1.73 bits per heavy atom. The Morgan fingerprint density at radius 1 is 0.970 bits per heavy atom. The highest BCUT2D eigenvalue weighted by Crippen LogP contribution is 2.36. The zero-order valence-electron chi connectivity index (χ0n) is 17.9. The molecule has 1 N–H and O–H groups in total. The second-order valence-corrected chi connectivity index (χ2v) is 8.85. The van der Waals surface area contributed by atoms with Gasteiger partial charge in [-0.1, -0.05) is 47.8 Å². The minimum absolute atomic E-state index is 0.130. The summed E-state index contributed by atoms with van der Waals surface area (Å²) in [4.78, 5) is 28.9. The van der Waals surface area contributed by atoms with Crippen molar-refractivity contribution in [2.45, 2.75) is 13.3 Å². The molecule has 2 heterocycles. The van der Waals surface area contributed by atoms with Gasteiger partial charge in [0, 0.05) is 43.2 Å². The van der Waals surface area contributed by atoms with Crippen LogP contribution in [-0.2, 0) is 4.79 Å². The normalized spacial score (nSPS) is 13.8. The number of hydrogen-bond acceptors (Lipinski definition) is 4. The average Bonchev–Trinajstić information content (AvgIpc) is 3.31. The molecule has 4 rings (SSSR count). The molecule has 0 aliphatic carbocycles. The van der Waals surface area contributed by atoms with Gasteiger partial charge in [-0.25, -0.2) is 0 Å². The average molecular weight is 507 g/mol. The summed E-state index contributed by atoms with van der Waals surface area (Å²) >= 11 is 18.8. The summed E-state index contributed by atoms with van der Waals surface area (Å²) < 4.78 is 5.76. The predicted octanol–water partition coefficient (Wildman–Crippen LogP) is 6.22. The molecule has 172 valence electrons. The summed E-state index contributed by atoms with van der Waals surface area (Å²) in [6.45, 7) is 4.31. The third-order valence-electron chi connectivity index (χ3n) is 5.51. The molecular formula is C24H22Cl3N3O3. The molecule has 1 saturated heterocycles. The molecule has 1 aromatic heterocycles. The lowest BCUT2D eigenvalue weighted by Gasteiger charge is -2.37. The number of furan rings is 1. The number of nitrogens with zero attached hydrogens (tertiary/aromatic N) is 2. The Labute approximate surface area is 207 Å². The molecule has 33 heavy (non-hydrogen) atoms. The van der Waals surface area contributed by atoms with Crippen molar-refractivity contribution in [3.8, 4) is 11.3 Å². The van der Waals surface area contributed by atoms with Crippen molar-refractivity contribution in [3.05, 3.63) is 69.4 Å². The number of halogens is 3. The molecule has 6 nitrogen and oxygen atoms in total. The first kappa shape index (κ1) is 23.5. The fourth-order valence-corrected chi connectivity index (χ4v) is 4.49. The van der Waals surface area contributed by atoms with Crippen molar-refractivity contribution in [2.75, 3.05) is 36.4 Å². The van der Waals surface area contributed by atoms with Gasteiger partial charge in [0.25, 0.3) is 5.91 Å². The molecule has 0 saturated carbocycles. The van der Waals surface area contributed by atoms with Crippen LogP contribution in [-0.4, -0.2) is 42.9 Å². The van der Waals surface area contributed by atoms with Crippen LogP contribution in [0.1, 0.15) is 23.9 Å². The highest BCUT2D eigenvalue weighted by atomic mass is 35.5. The molecule has 1 aliphatic heterocycles. The van der Waals surface area contributed by atoms with Crippen LogP contribution in [0.25, 0.3) is 11.3 Å². The molecular weight excluding hydrogens is 485 g/mol. The first-order valence-electron chi connectivity index (χ1n) is 10.5.